The standard InChI is InChI=1S/C26H44N4O12/c31-21(32)7-1-4-18(24(37)38)28-12-10-27-11-13-29(19(25(39)40)5-2-8-22(33)34)15-17-30(16-14-28)20(26(41)42)6-3-9-23(35)36/h18-20,27H,1-17H2,(H,31,32)(H,33,34)(H,35,36)(H,37,38)(H,39,40)(H,41,42)/t18-,19+,20-/m1/s1. The molecule has 0 aromatic rings. The molecule has 1 rings (SSSR count). The lowest BCUT2D eigenvalue weighted by molar-refractivity contribution is -0.147. The molecule has 3 atom stereocenters. The third-order valence-corrected chi connectivity index (χ3v) is 7.28. The van der Waals surface area contributed by atoms with E-state index in [0.717, 1.165) is 0 Å². The van der Waals surface area contributed by atoms with Crippen molar-refractivity contribution in [3.8, 4) is 0 Å². The van der Waals surface area contributed by atoms with Gasteiger partial charge in [-0.25, -0.2) is 0 Å². The first-order chi connectivity index (χ1) is 19.8. The van der Waals surface area contributed by atoms with Gasteiger partial charge in [0.2, 0.25) is 0 Å². The largest absolute Gasteiger partial charge is 0.481 e. The maximum absolute atomic E-state index is 12.3. The third kappa shape index (κ3) is 14.5. The maximum atomic E-state index is 12.3. The number of carboxylic acid groups (broad SMARTS) is 6. The molecule has 1 heterocycles. The van der Waals surface area contributed by atoms with Crippen LogP contribution in [0.3, 0.4) is 0 Å². The number of hydrogen-bond acceptors (Lipinski definition) is 10. The Labute approximate surface area is 243 Å². The second-order valence-electron chi connectivity index (χ2n) is 10.3. The average Bonchev–Trinajstić information content (AvgIpc) is 2.87. The van der Waals surface area contributed by atoms with E-state index < -0.39 is 53.9 Å². The van der Waals surface area contributed by atoms with Gasteiger partial charge in [0.1, 0.15) is 18.1 Å². The van der Waals surface area contributed by atoms with E-state index in [1.165, 1.54) is 0 Å². The molecule has 0 amide bonds. The summed E-state index contributed by atoms with van der Waals surface area (Å²) in [5.74, 6) is -6.62. The molecule has 0 aromatic heterocycles. The van der Waals surface area contributed by atoms with Gasteiger partial charge in [0.25, 0.3) is 0 Å². The quantitative estimate of drug-likeness (QED) is 0.105. The van der Waals surface area contributed by atoms with E-state index in [0.29, 0.717) is 13.1 Å². The molecule has 7 N–H and O–H groups in total. The van der Waals surface area contributed by atoms with Gasteiger partial charge in [0, 0.05) is 71.6 Å². The fourth-order valence-electron chi connectivity index (χ4n) is 5.08. The molecular formula is C26H44N4O12. The van der Waals surface area contributed by atoms with E-state index >= 15 is 0 Å². The van der Waals surface area contributed by atoms with Crippen LogP contribution in [-0.4, -0.2) is 152 Å². The van der Waals surface area contributed by atoms with Crippen molar-refractivity contribution in [3.63, 3.8) is 0 Å². The number of hydrogen-bond donors (Lipinski definition) is 7. The van der Waals surface area contributed by atoms with Crippen LogP contribution in [0.25, 0.3) is 0 Å². The van der Waals surface area contributed by atoms with Crippen molar-refractivity contribution < 1.29 is 59.4 Å². The summed E-state index contributed by atoms with van der Waals surface area (Å²) in [6.45, 7) is 1.55. The van der Waals surface area contributed by atoms with Gasteiger partial charge in [0.05, 0.1) is 0 Å². The summed E-state index contributed by atoms with van der Waals surface area (Å²) in [7, 11) is 0. The molecule has 1 aliphatic rings. The third-order valence-electron chi connectivity index (χ3n) is 7.28. The predicted octanol–water partition coefficient (Wildman–Crippen LogP) is -0.380. The fourth-order valence-corrected chi connectivity index (χ4v) is 5.08. The van der Waals surface area contributed by atoms with E-state index in [9.17, 15) is 44.1 Å². The molecule has 0 aromatic carbocycles. The van der Waals surface area contributed by atoms with Crippen molar-refractivity contribution in [2.24, 2.45) is 0 Å². The Balaban J connectivity index is 3.24. The zero-order valence-corrected chi connectivity index (χ0v) is 23.7. The molecule has 0 bridgehead atoms. The molecule has 0 radical (unpaired) electrons. The highest BCUT2D eigenvalue weighted by atomic mass is 16.4. The second-order valence-corrected chi connectivity index (χ2v) is 10.3. The summed E-state index contributed by atoms with van der Waals surface area (Å²) >= 11 is 0. The summed E-state index contributed by atoms with van der Waals surface area (Å²) in [6, 6.07) is -3.12. The zero-order valence-electron chi connectivity index (χ0n) is 23.7. The Morgan fingerprint density at radius 2 is 0.738 bits per heavy atom. The van der Waals surface area contributed by atoms with Crippen molar-refractivity contribution in [2.75, 3.05) is 52.4 Å². The SMILES string of the molecule is O=C(O)CCC[C@H](C(=O)O)N1CCNCCN([C@@H](CCCC(=O)O)C(=O)O)CCN([C@H](CCCC(=O)O)C(=O)O)CC1. The molecule has 0 spiro atoms. The molecule has 1 aliphatic heterocycles. The predicted molar refractivity (Wildman–Crippen MR) is 146 cm³/mol. The molecule has 1 fully saturated rings. The molecule has 42 heavy (non-hydrogen) atoms. The van der Waals surface area contributed by atoms with E-state index in [-0.39, 0.29) is 97.1 Å². The lowest BCUT2D eigenvalue weighted by Crippen LogP contribution is -2.54. The summed E-state index contributed by atoms with van der Waals surface area (Å²) < 4.78 is 0. The fraction of sp³-hybridized carbons (Fsp3) is 0.769. The molecular weight excluding hydrogens is 560 g/mol. The Hall–Kier alpha value is -3.34. The number of nitrogens with zero attached hydrogens (tertiary/aromatic N) is 3. The van der Waals surface area contributed by atoms with Crippen LogP contribution in [0.2, 0.25) is 0 Å². The highest BCUT2D eigenvalue weighted by molar-refractivity contribution is 5.75. The van der Waals surface area contributed by atoms with Gasteiger partial charge >= 0.3 is 35.8 Å². The first-order valence-corrected chi connectivity index (χ1v) is 14.1. The topological polar surface area (TPSA) is 246 Å². The molecule has 0 unspecified atom stereocenters. The van der Waals surface area contributed by atoms with Gasteiger partial charge in [-0.1, -0.05) is 0 Å². The number of aliphatic carboxylic acids is 6. The average molecular weight is 605 g/mol. The minimum Gasteiger partial charge on any atom is -0.481 e. The molecule has 1 saturated heterocycles. The molecule has 16 nitrogen and oxygen atoms in total. The van der Waals surface area contributed by atoms with Crippen LogP contribution in [0.5, 0.6) is 0 Å². The number of carboxylic acids is 6. The van der Waals surface area contributed by atoms with Crippen LogP contribution >= 0.6 is 0 Å². The summed E-state index contributed by atoms with van der Waals surface area (Å²) in [5, 5.41) is 59.9. The lowest BCUT2D eigenvalue weighted by Gasteiger charge is -2.37. The number of carbonyl (C=O) groups is 6. The van der Waals surface area contributed by atoms with Crippen molar-refractivity contribution in [2.45, 2.75) is 75.9 Å². The second kappa shape index (κ2) is 19.7. The molecule has 0 saturated carbocycles. The Bertz CT molecular complexity index is 866. The zero-order chi connectivity index (χ0) is 31.7. The number of nitrogens with one attached hydrogen (secondary N) is 1. The highest BCUT2D eigenvalue weighted by Crippen LogP contribution is 2.16. The van der Waals surface area contributed by atoms with Gasteiger partial charge in [-0.15, -0.1) is 0 Å². The van der Waals surface area contributed by atoms with Gasteiger partial charge in [-0.2, -0.15) is 0 Å². The molecule has 16 heteroatoms. The smallest absolute Gasteiger partial charge is 0.320 e. The summed E-state index contributed by atoms with van der Waals surface area (Å²) in [4.78, 5) is 74.4. The number of rotatable bonds is 18. The van der Waals surface area contributed by atoms with E-state index in [4.69, 9.17) is 15.3 Å². The van der Waals surface area contributed by atoms with Crippen LogP contribution in [0.1, 0.15) is 57.8 Å². The van der Waals surface area contributed by atoms with Crippen molar-refractivity contribution in [1.29, 1.82) is 0 Å². The van der Waals surface area contributed by atoms with Gasteiger partial charge in [-0.3, -0.25) is 43.5 Å². The van der Waals surface area contributed by atoms with Crippen molar-refractivity contribution in [1.82, 2.24) is 20.0 Å². The Kier molecular flexibility index (Phi) is 17.2. The van der Waals surface area contributed by atoms with Gasteiger partial charge in [-0.05, 0) is 38.5 Å². The van der Waals surface area contributed by atoms with Crippen LogP contribution in [0.15, 0.2) is 0 Å². The van der Waals surface area contributed by atoms with Crippen LogP contribution in [-0.2, 0) is 28.8 Å². The van der Waals surface area contributed by atoms with E-state index in [2.05, 4.69) is 5.32 Å². The minimum atomic E-state index is -1.19. The molecule has 240 valence electrons. The van der Waals surface area contributed by atoms with Crippen molar-refractivity contribution >= 4 is 35.8 Å². The van der Waals surface area contributed by atoms with Gasteiger partial charge in [0.15, 0.2) is 0 Å². The summed E-state index contributed by atoms with van der Waals surface area (Å²) in [5.41, 5.74) is 0. The maximum Gasteiger partial charge on any atom is 0.320 e. The normalized spacial score (nSPS) is 18.6. The first kappa shape index (κ1) is 36.7. The van der Waals surface area contributed by atoms with E-state index in [1.54, 1.807) is 14.7 Å². The van der Waals surface area contributed by atoms with Crippen LogP contribution < -0.4 is 5.32 Å². The van der Waals surface area contributed by atoms with Crippen LogP contribution in [0, 0.1) is 0 Å². The summed E-state index contributed by atoms with van der Waals surface area (Å²) in [6.07, 6.45) is -0.109. The lowest BCUT2D eigenvalue weighted by atomic mass is 10.1. The Morgan fingerprint density at radius 1 is 0.476 bits per heavy atom. The Morgan fingerprint density at radius 3 is 0.976 bits per heavy atom. The van der Waals surface area contributed by atoms with Crippen molar-refractivity contribution in [3.05, 3.63) is 0 Å². The van der Waals surface area contributed by atoms with Crippen LogP contribution in [0.4, 0.5) is 0 Å². The van der Waals surface area contributed by atoms with Gasteiger partial charge < -0.3 is 36.0 Å². The monoisotopic (exact) mass is 604 g/mol. The highest BCUT2D eigenvalue weighted by Gasteiger charge is 2.32. The minimum absolute atomic E-state index is 0.00509. The molecule has 0 aliphatic carbocycles. The van der Waals surface area contributed by atoms with E-state index in [1.807, 2.05) is 0 Å². The first-order valence-electron chi connectivity index (χ1n) is 14.1.